The van der Waals surface area contributed by atoms with Gasteiger partial charge in [-0.15, -0.1) is 0 Å². The highest BCUT2D eigenvalue weighted by Gasteiger charge is 2.20. The molecular weight excluding hydrogens is 218 g/mol. The highest BCUT2D eigenvalue weighted by Crippen LogP contribution is 2.24. The van der Waals surface area contributed by atoms with Gasteiger partial charge in [0.05, 0.1) is 18.5 Å². The number of nitrogens with two attached hydrogens (primary N) is 1. The van der Waals surface area contributed by atoms with Gasteiger partial charge in [-0.05, 0) is 18.6 Å². The van der Waals surface area contributed by atoms with E-state index in [2.05, 4.69) is 10.6 Å². The van der Waals surface area contributed by atoms with Gasteiger partial charge in [-0.3, -0.25) is 4.79 Å². The first-order chi connectivity index (χ1) is 8.19. The van der Waals surface area contributed by atoms with Gasteiger partial charge in [-0.1, -0.05) is 0 Å². The number of carbonyl (C=O) groups is 1. The Labute approximate surface area is 100 Å². The van der Waals surface area contributed by atoms with Crippen molar-refractivity contribution in [2.24, 2.45) is 0 Å². The summed E-state index contributed by atoms with van der Waals surface area (Å²) in [6.07, 6.45) is 1.49. The van der Waals surface area contributed by atoms with E-state index >= 15 is 0 Å². The molecule has 1 unspecified atom stereocenters. The monoisotopic (exact) mass is 235 g/mol. The number of rotatable bonds is 4. The van der Waals surface area contributed by atoms with E-state index in [9.17, 15) is 4.79 Å². The number of ether oxygens (including phenoxy) is 1. The van der Waals surface area contributed by atoms with Gasteiger partial charge in [-0.2, -0.15) is 0 Å². The highest BCUT2D eigenvalue weighted by molar-refractivity contribution is 5.78. The largest absolute Gasteiger partial charge is 0.497 e. The number of hydrogen-bond acceptors (Lipinski definition) is 4. The summed E-state index contributed by atoms with van der Waals surface area (Å²) >= 11 is 0. The van der Waals surface area contributed by atoms with Gasteiger partial charge in [0.15, 0.2) is 0 Å². The van der Waals surface area contributed by atoms with Crippen molar-refractivity contribution in [2.75, 3.05) is 24.7 Å². The van der Waals surface area contributed by atoms with Crippen LogP contribution in [-0.2, 0) is 4.79 Å². The first kappa shape index (κ1) is 11.6. The van der Waals surface area contributed by atoms with Crippen LogP contribution in [0.2, 0.25) is 0 Å². The smallest absolute Gasteiger partial charge is 0.220 e. The number of benzene rings is 1. The van der Waals surface area contributed by atoms with Crippen LogP contribution in [0.5, 0.6) is 5.75 Å². The van der Waals surface area contributed by atoms with Gasteiger partial charge >= 0.3 is 0 Å². The minimum absolute atomic E-state index is 0.125. The predicted molar refractivity (Wildman–Crippen MR) is 67.1 cm³/mol. The van der Waals surface area contributed by atoms with E-state index in [0.717, 1.165) is 17.9 Å². The van der Waals surface area contributed by atoms with Gasteiger partial charge in [0.2, 0.25) is 5.91 Å². The van der Waals surface area contributed by atoms with Gasteiger partial charge < -0.3 is 21.1 Å². The quantitative estimate of drug-likeness (QED) is 0.680. The van der Waals surface area contributed by atoms with E-state index in [1.807, 2.05) is 12.1 Å². The van der Waals surface area contributed by atoms with Crippen LogP contribution < -0.4 is 21.1 Å². The Morgan fingerprint density at radius 2 is 2.41 bits per heavy atom. The first-order valence-corrected chi connectivity index (χ1v) is 5.66. The molecule has 92 valence electrons. The molecule has 1 amide bonds. The van der Waals surface area contributed by atoms with E-state index in [-0.39, 0.29) is 11.9 Å². The van der Waals surface area contributed by atoms with Crippen LogP contribution in [-0.4, -0.2) is 25.6 Å². The van der Waals surface area contributed by atoms with E-state index in [0.29, 0.717) is 18.7 Å². The lowest BCUT2D eigenvalue weighted by molar-refractivity contribution is -0.119. The normalized spacial score (nSPS) is 18.9. The standard InChI is InChI=1S/C12H17N3O2/c1-17-9-3-4-11(10(13)6-9)14-7-8-2-5-12(16)15-8/h3-4,6,8,14H,2,5,7,13H2,1H3,(H,15,16). The predicted octanol–water partition coefficient (Wildman–Crippen LogP) is 0.968. The molecule has 0 bridgehead atoms. The number of methoxy groups -OCH3 is 1. The number of amides is 1. The van der Waals surface area contributed by atoms with Crippen molar-refractivity contribution in [2.45, 2.75) is 18.9 Å². The average molecular weight is 235 g/mol. The molecule has 1 aromatic rings. The molecule has 5 heteroatoms. The Bertz CT molecular complexity index is 420. The van der Waals surface area contributed by atoms with Crippen LogP contribution in [0.25, 0.3) is 0 Å². The molecule has 17 heavy (non-hydrogen) atoms. The number of hydrogen-bond donors (Lipinski definition) is 3. The third-order valence-corrected chi connectivity index (χ3v) is 2.88. The van der Waals surface area contributed by atoms with E-state index in [1.165, 1.54) is 0 Å². The van der Waals surface area contributed by atoms with Crippen molar-refractivity contribution in [3.8, 4) is 5.75 Å². The zero-order chi connectivity index (χ0) is 12.3. The maximum absolute atomic E-state index is 11.0. The number of nitrogens with one attached hydrogen (secondary N) is 2. The third-order valence-electron chi connectivity index (χ3n) is 2.88. The SMILES string of the molecule is COc1ccc(NCC2CCC(=O)N2)c(N)c1. The molecule has 0 saturated carbocycles. The van der Waals surface area contributed by atoms with Gasteiger partial charge in [0, 0.05) is 25.1 Å². The summed E-state index contributed by atoms with van der Waals surface area (Å²) in [7, 11) is 1.61. The number of nitrogen functional groups attached to an aromatic ring is 1. The second-order valence-electron chi connectivity index (χ2n) is 4.14. The van der Waals surface area contributed by atoms with Crippen molar-refractivity contribution in [1.82, 2.24) is 5.32 Å². The van der Waals surface area contributed by atoms with Gasteiger partial charge in [0.1, 0.15) is 5.75 Å². The molecule has 1 heterocycles. The van der Waals surface area contributed by atoms with Gasteiger partial charge in [-0.25, -0.2) is 0 Å². The topological polar surface area (TPSA) is 76.4 Å². The Morgan fingerprint density at radius 1 is 1.59 bits per heavy atom. The molecule has 1 saturated heterocycles. The molecule has 0 spiro atoms. The fourth-order valence-electron chi connectivity index (χ4n) is 1.89. The Kier molecular flexibility index (Phi) is 3.37. The summed E-state index contributed by atoms with van der Waals surface area (Å²) in [5.41, 5.74) is 7.39. The molecule has 1 atom stereocenters. The minimum atomic E-state index is 0.125. The zero-order valence-corrected chi connectivity index (χ0v) is 9.82. The molecule has 1 aliphatic heterocycles. The summed E-state index contributed by atoms with van der Waals surface area (Å²) < 4.78 is 5.08. The summed E-state index contributed by atoms with van der Waals surface area (Å²) in [4.78, 5) is 11.0. The second kappa shape index (κ2) is 4.95. The highest BCUT2D eigenvalue weighted by atomic mass is 16.5. The molecule has 1 aromatic carbocycles. The summed E-state index contributed by atoms with van der Waals surface area (Å²) in [6.45, 7) is 0.697. The average Bonchev–Trinajstić information content (AvgIpc) is 2.73. The Morgan fingerprint density at radius 3 is 3.00 bits per heavy atom. The molecule has 0 aliphatic carbocycles. The molecular formula is C12H17N3O2. The summed E-state index contributed by atoms with van der Waals surface area (Å²) in [5.74, 6) is 0.863. The Balaban J connectivity index is 1.92. The van der Waals surface area contributed by atoms with Crippen molar-refractivity contribution in [3.63, 3.8) is 0 Å². The lowest BCUT2D eigenvalue weighted by Crippen LogP contribution is -2.31. The molecule has 2 rings (SSSR count). The Hall–Kier alpha value is -1.91. The molecule has 5 nitrogen and oxygen atoms in total. The summed E-state index contributed by atoms with van der Waals surface area (Å²) in [6, 6.07) is 5.70. The van der Waals surface area contributed by atoms with E-state index in [4.69, 9.17) is 10.5 Å². The van der Waals surface area contributed by atoms with E-state index < -0.39 is 0 Å². The van der Waals surface area contributed by atoms with Crippen LogP contribution in [0.3, 0.4) is 0 Å². The fraction of sp³-hybridized carbons (Fsp3) is 0.417. The molecule has 4 N–H and O–H groups in total. The van der Waals surface area contributed by atoms with Crippen molar-refractivity contribution >= 4 is 17.3 Å². The second-order valence-corrected chi connectivity index (χ2v) is 4.14. The lowest BCUT2D eigenvalue weighted by atomic mass is 10.2. The third kappa shape index (κ3) is 2.81. The van der Waals surface area contributed by atoms with Gasteiger partial charge in [0.25, 0.3) is 0 Å². The van der Waals surface area contributed by atoms with Crippen molar-refractivity contribution in [1.29, 1.82) is 0 Å². The molecule has 1 fully saturated rings. The lowest BCUT2D eigenvalue weighted by Gasteiger charge is -2.14. The van der Waals surface area contributed by atoms with Crippen LogP contribution >= 0.6 is 0 Å². The molecule has 0 aromatic heterocycles. The van der Waals surface area contributed by atoms with Crippen LogP contribution in [0.1, 0.15) is 12.8 Å². The molecule has 1 aliphatic rings. The van der Waals surface area contributed by atoms with Crippen LogP contribution in [0, 0.1) is 0 Å². The summed E-state index contributed by atoms with van der Waals surface area (Å²) in [5, 5.41) is 6.13. The number of carbonyl (C=O) groups excluding carboxylic acids is 1. The first-order valence-electron chi connectivity index (χ1n) is 5.66. The zero-order valence-electron chi connectivity index (χ0n) is 9.82. The maximum Gasteiger partial charge on any atom is 0.220 e. The minimum Gasteiger partial charge on any atom is -0.497 e. The maximum atomic E-state index is 11.0. The van der Waals surface area contributed by atoms with Crippen LogP contribution in [0.15, 0.2) is 18.2 Å². The molecule has 0 radical (unpaired) electrons. The fourth-order valence-corrected chi connectivity index (χ4v) is 1.89. The van der Waals surface area contributed by atoms with E-state index in [1.54, 1.807) is 13.2 Å². The van der Waals surface area contributed by atoms with Crippen LogP contribution in [0.4, 0.5) is 11.4 Å². The number of anilines is 2. The van der Waals surface area contributed by atoms with Crippen molar-refractivity contribution in [3.05, 3.63) is 18.2 Å². The van der Waals surface area contributed by atoms with Crippen molar-refractivity contribution < 1.29 is 9.53 Å².